The van der Waals surface area contributed by atoms with E-state index >= 15 is 0 Å². The summed E-state index contributed by atoms with van der Waals surface area (Å²) in [6.07, 6.45) is 0. The van der Waals surface area contributed by atoms with E-state index in [9.17, 15) is 4.79 Å². The predicted octanol–water partition coefficient (Wildman–Crippen LogP) is 4.55. The largest absolute Gasteiger partial charge is 0.493 e. The first-order valence-corrected chi connectivity index (χ1v) is 9.70. The number of nitrogens with one attached hydrogen (secondary N) is 1. The molecule has 0 aliphatic rings. The third-order valence-corrected chi connectivity index (χ3v) is 5.07. The summed E-state index contributed by atoms with van der Waals surface area (Å²) in [5, 5.41) is 12.3. The van der Waals surface area contributed by atoms with Gasteiger partial charge < -0.3 is 14.8 Å². The van der Waals surface area contributed by atoms with Gasteiger partial charge in [-0.3, -0.25) is 4.79 Å². The number of aromatic nitrogens is 2. The molecule has 0 atom stereocenters. The van der Waals surface area contributed by atoms with Crippen molar-refractivity contribution >= 4 is 35.0 Å². The summed E-state index contributed by atoms with van der Waals surface area (Å²) in [6, 6.07) is 16.3. The van der Waals surface area contributed by atoms with Crippen LogP contribution in [0.25, 0.3) is 11.3 Å². The highest BCUT2D eigenvalue weighted by atomic mass is 35.5. The number of amides is 1. The molecule has 0 saturated heterocycles. The lowest BCUT2D eigenvalue weighted by Gasteiger charge is -2.09. The summed E-state index contributed by atoms with van der Waals surface area (Å²) in [4.78, 5) is 12.1. The summed E-state index contributed by atoms with van der Waals surface area (Å²) in [5.41, 5.74) is 2.15. The number of nitrogens with zero attached hydrogens (tertiary/aromatic N) is 2. The highest BCUT2D eigenvalue weighted by molar-refractivity contribution is 7.99. The second-order valence-corrected chi connectivity index (χ2v) is 7.05. The van der Waals surface area contributed by atoms with Crippen LogP contribution in [-0.4, -0.2) is 36.1 Å². The lowest BCUT2D eigenvalue weighted by molar-refractivity contribution is -0.113. The van der Waals surface area contributed by atoms with Crippen molar-refractivity contribution in [2.45, 2.75) is 5.03 Å². The highest BCUT2D eigenvalue weighted by Crippen LogP contribution is 2.31. The van der Waals surface area contributed by atoms with Crippen molar-refractivity contribution < 1.29 is 14.3 Å². The van der Waals surface area contributed by atoms with E-state index in [4.69, 9.17) is 21.1 Å². The highest BCUT2D eigenvalue weighted by Gasteiger charge is 2.10. The van der Waals surface area contributed by atoms with Gasteiger partial charge >= 0.3 is 0 Å². The average molecular weight is 416 g/mol. The molecule has 1 aromatic heterocycles. The summed E-state index contributed by atoms with van der Waals surface area (Å²) in [5.74, 6) is 1.31. The van der Waals surface area contributed by atoms with E-state index in [2.05, 4.69) is 15.5 Å². The number of carbonyl (C=O) groups excluding carboxylic acids is 1. The Labute approximate surface area is 172 Å². The van der Waals surface area contributed by atoms with E-state index in [0.29, 0.717) is 32.9 Å². The van der Waals surface area contributed by atoms with Gasteiger partial charge in [0.15, 0.2) is 11.5 Å². The van der Waals surface area contributed by atoms with Crippen LogP contribution >= 0.6 is 23.4 Å². The van der Waals surface area contributed by atoms with Gasteiger partial charge in [0.05, 0.1) is 36.4 Å². The van der Waals surface area contributed by atoms with Crippen LogP contribution in [0.15, 0.2) is 59.6 Å². The third-order valence-electron chi connectivity index (χ3n) is 3.82. The quantitative estimate of drug-likeness (QED) is 0.571. The maximum absolute atomic E-state index is 12.1. The minimum Gasteiger partial charge on any atom is -0.493 e. The summed E-state index contributed by atoms with van der Waals surface area (Å²) in [6.45, 7) is 0. The Morgan fingerprint density at radius 2 is 1.82 bits per heavy atom. The monoisotopic (exact) mass is 415 g/mol. The molecule has 6 nitrogen and oxygen atoms in total. The third kappa shape index (κ3) is 4.94. The molecular weight excluding hydrogens is 398 g/mol. The van der Waals surface area contributed by atoms with Gasteiger partial charge in [0.2, 0.25) is 5.91 Å². The van der Waals surface area contributed by atoms with Crippen molar-refractivity contribution in [3.05, 3.63) is 59.6 Å². The number of hydrogen-bond acceptors (Lipinski definition) is 6. The molecule has 0 bridgehead atoms. The fourth-order valence-electron chi connectivity index (χ4n) is 2.43. The Bertz CT molecular complexity index is 967. The number of halogens is 1. The zero-order valence-electron chi connectivity index (χ0n) is 15.3. The predicted molar refractivity (Wildman–Crippen MR) is 111 cm³/mol. The lowest BCUT2D eigenvalue weighted by Crippen LogP contribution is -2.14. The number of ether oxygens (including phenoxy) is 2. The van der Waals surface area contributed by atoms with Crippen LogP contribution in [0.3, 0.4) is 0 Å². The van der Waals surface area contributed by atoms with Crippen molar-refractivity contribution in [1.29, 1.82) is 0 Å². The molecule has 1 amide bonds. The van der Waals surface area contributed by atoms with Crippen molar-refractivity contribution in [2.24, 2.45) is 0 Å². The number of carbonyl (C=O) groups is 1. The SMILES string of the molecule is COc1ccc(-c2ccc(SCC(=O)Nc3ccccc3Cl)nn2)cc1OC. The Kier molecular flexibility index (Phi) is 6.73. The van der Waals surface area contributed by atoms with E-state index in [0.717, 1.165) is 5.56 Å². The van der Waals surface area contributed by atoms with Crippen molar-refractivity contribution in [3.63, 3.8) is 0 Å². The van der Waals surface area contributed by atoms with Gasteiger partial charge in [-0.05, 0) is 42.5 Å². The van der Waals surface area contributed by atoms with Crippen LogP contribution in [0.2, 0.25) is 5.02 Å². The number of methoxy groups -OCH3 is 2. The topological polar surface area (TPSA) is 73.3 Å². The van der Waals surface area contributed by atoms with E-state index in [-0.39, 0.29) is 11.7 Å². The maximum Gasteiger partial charge on any atom is 0.234 e. The average Bonchev–Trinajstić information content (AvgIpc) is 2.74. The van der Waals surface area contributed by atoms with Gasteiger partial charge in [0, 0.05) is 5.56 Å². The number of rotatable bonds is 7. The molecule has 0 unspecified atom stereocenters. The minimum absolute atomic E-state index is 0.163. The van der Waals surface area contributed by atoms with Crippen molar-refractivity contribution in [2.75, 3.05) is 25.3 Å². The van der Waals surface area contributed by atoms with E-state index in [1.165, 1.54) is 11.8 Å². The Morgan fingerprint density at radius 3 is 2.50 bits per heavy atom. The smallest absolute Gasteiger partial charge is 0.234 e. The second-order valence-electron chi connectivity index (χ2n) is 5.64. The molecule has 3 aromatic rings. The van der Waals surface area contributed by atoms with E-state index in [1.807, 2.05) is 42.5 Å². The molecule has 0 spiro atoms. The fraction of sp³-hybridized carbons (Fsp3) is 0.150. The first kappa shape index (κ1) is 20.0. The molecule has 1 N–H and O–H groups in total. The van der Waals surface area contributed by atoms with E-state index in [1.54, 1.807) is 26.4 Å². The van der Waals surface area contributed by atoms with Gasteiger partial charge in [0.1, 0.15) is 5.03 Å². The maximum atomic E-state index is 12.1. The van der Waals surface area contributed by atoms with Gasteiger partial charge in [0.25, 0.3) is 0 Å². The van der Waals surface area contributed by atoms with Crippen molar-refractivity contribution in [1.82, 2.24) is 10.2 Å². The normalized spacial score (nSPS) is 10.4. The molecule has 144 valence electrons. The molecule has 2 aromatic carbocycles. The first-order chi connectivity index (χ1) is 13.6. The van der Waals surface area contributed by atoms with Gasteiger partial charge in [-0.2, -0.15) is 0 Å². The van der Waals surface area contributed by atoms with Crippen LogP contribution in [0.1, 0.15) is 0 Å². The molecule has 0 fully saturated rings. The molecule has 3 rings (SSSR count). The molecule has 0 aliphatic carbocycles. The zero-order valence-corrected chi connectivity index (χ0v) is 16.9. The van der Waals surface area contributed by atoms with E-state index < -0.39 is 0 Å². The van der Waals surface area contributed by atoms with Crippen LogP contribution in [0, 0.1) is 0 Å². The molecule has 1 heterocycles. The van der Waals surface area contributed by atoms with Gasteiger partial charge in [-0.1, -0.05) is 35.5 Å². The molecule has 0 aliphatic heterocycles. The number of hydrogen-bond donors (Lipinski definition) is 1. The van der Waals surface area contributed by atoms with Crippen LogP contribution in [0.5, 0.6) is 11.5 Å². The number of thioether (sulfide) groups is 1. The van der Waals surface area contributed by atoms with Gasteiger partial charge in [-0.15, -0.1) is 10.2 Å². The lowest BCUT2D eigenvalue weighted by atomic mass is 10.1. The van der Waals surface area contributed by atoms with Gasteiger partial charge in [-0.25, -0.2) is 0 Å². The summed E-state index contributed by atoms with van der Waals surface area (Å²) in [7, 11) is 3.17. The minimum atomic E-state index is -0.163. The Hall–Kier alpha value is -2.77. The fourth-order valence-corrected chi connectivity index (χ4v) is 3.23. The van der Waals surface area contributed by atoms with Crippen LogP contribution < -0.4 is 14.8 Å². The second kappa shape index (κ2) is 9.43. The molecule has 0 saturated carbocycles. The Morgan fingerprint density at radius 1 is 1.04 bits per heavy atom. The molecule has 0 radical (unpaired) electrons. The van der Waals surface area contributed by atoms with Crippen molar-refractivity contribution in [3.8, 4) is 22.8 Å². The van der Waals surface area contributed by atoms with Crippen LogP contribution in [0.4, 0.5) is 5.69 Å². The zero-order chi connectivity index (χ0) is 19.9. The standard InChI is InChI=1S/C20H18ClN3O3S/c1-26-17-9-7-13(11-18(17)27-2)15-8-10-20(24-23-15)28-12-19(25)22-16-6-4-3-5-14(16)21/h3-11H,12H2,1-2H3,(H,22,25). The first-order valence-electron chi connectivity index (χ1n) is 8.34. The molecule has 28 heavy (non-hydrogen) atoms. The Balaban J connectivity index is 1.62. The van der Waals surface area contributed by atoms with Crippen LogP contribution in [-0.2, 0) is 4.79 Å². The number of para-hydroxylation sites is 1. The summed E-state index contributed by atoms with van der Waals surface area (Å²) < 4.78 is 10.6. The number of anilines is 1. The molecular formula is C20H18ClN3O3S. The summed E-state index contributed by atoms with van der Waals surface area (Å²) >= 11 is 7.34. The molecule has 8 heteroatoms. The number of benzene rings is 2.